The van der Waals surface area contributed by atoms with Crippen LogP contribution >= 0.6 is 0 Å². The number of halogens is 3. The van der Waals surface area contributed by atoms with Crippen LogP contribution in [0.3, 0.4) is 0 Å². The van der Waals surface area contributed by atoms with Crippen molar-refractivity contribution in [3.63, 3.8) is 0 Å². The lowest BCUT2D eigenvalue weighted by atomic mass is 10.0. The molecular formula is C17H19F3N6O. The first-order valence-corrected chi connectivity index (χ1v) is 8.34. The Hall–Kier alpha value is -2.91. The second kappa shape index (κ2) is 7.37. The van der Waals surface area contributed by atoms with E-state index in [0.717, 1.165) is 17.6 Å². The predicted molar refractivity (Wildman–Crippen MR) is 93.3 cm³/mol. The standard InChI is InChI=1S/C17H19F3N6O/c1-17(2,16(27)24-8-12(19)20)26-15-11(18)7-23-14(25-15)10-6-22-13-9(10)4-3-5-21-13/h3-5,7,10,12H,6,8H2,1-2H3,(H,21,22)(H,24,27)(H,23,25,26). The zero-order chi connectivity index (χ0) is 19.6. The summed E-state index contributed by atoms with van der Waals surface area (Å²) < 4.78 is 38.8. The van der Waals surface area contributed by atoms with Crippen LogP contribution in [0, 0.1) is 5.82 Å². The fourth-order valence-corrected chi connectivity index (χ4v) is 2.77. The molecule has 0 radical (unpaired) electrons. The molecule has 2 aromatic rings. The molecule has 0 aliphatic carbocycles. The molecule has 3 rings (SSSR count). The lowest BCUT2D eigenvalue weighted by Crippen LogP contribution is -2.49. The number of alkyl halides is 2. The Morgan fingerprint density at radius 1 is 1.41 bits per heavy atom. The number of nitrogens with zero attached hydrogens (tertiary/aromatic N) is 3. The van der Waals surface area contributed by atoms with Gasteiger partial charge in [0, 0.05) is 18.3 Å². The number of nitrogens with one attached hydrogen (secondary N) is 3. The van der Waals surface area contributed by atoms with Crippen LogP contribution in [0.2, 0.25) is 0 Å². The van der Waals surface area contributed by atoms with E-state index in [4.69, 9.17) is 0 Å². The van der Waals surface area contributed by atoms with Crippen molar-refractivity contribution < 1.29 is 18.0 Å². The Labute approximate surface area is 153 Å². The number of fused-ring (bicyclic) bond motifs is 1. The first kappa shape index (κ1) is 18.9. The fourth-order valence-electron chi connectivity index (χ4n) is 2.77. The summed E-state index contributed by atoms with van der Waals surface area (Å²) in [7, 11) is 0. The number of amides is 1. The summed E-state index contributed by atoms with van der Waals surface area (Å²) >= 11 is 0. The molecule has 0 saturated carbocycles. The van der Waals surface area contributed by atoms with Gasteiger partial charge in [0.05, 0.1) is 18.7 Å². The summed E-state index contributed by atoms with van der Waals surface area (Å²) in [5, 5.41) is 7.92. The topological polar surface area (TPSA) is 91.8 Å². The molecule has 1 aliphatic rings. The van der Waals surface area contributed by atoms with Gasteiger partial charge in [-0.3, -0.25) is 4.79 Å². The van der Waals surface area contributed by atoms with Crippen molar-refractivity contribution in [3.05, 3.63) is 41.7 Å². The number of anilines is 2. The molecule has 0 fully saturated rings. The number of hydrogen-bond acceptors (Lipinski definition) is 6. The predicted octanol–water partition coefficient (Wildman–Crippen LogP) is 2.14. The van der Waals surface area contributed by atoms with E-state index in [1.807, 2.05) is 6.07 Å². The van der Waals surface area contributed by atoms with E-state index in [1.165, 1.54) is 13.8 Å². The summed E-state index contributed by atoms with van der Waals surface area (Å²) in [6.07, 6.45) is 0.00931. The minimum absolute atomic E-state index is 0.172. The third-order valence-corrected chi connectivity index (χ3v) is 4.18. The smallest absolute Gasteiger partial charge is 0.255 e. The Morgan fingerprint density at radius 2 is 2.19 bits per heavy atom. The zero-order valence-electron chi connectivity index (χ0n) is 14.8. The maximum Gasteiger partial charge on any atom is 0.255 e. The van der Waals surface area contributed by atoms with Crippen LogP contribution in [0.5, 0.6) is 0 Å². The van der Waals surface area contributed by atoms with E-state index in [9.17, 15) is 18.0 Å². The number of aromatic nitrogens is 3. The molecule has 10 heteroatoms. The van der Waals surface area contributed by atoms with Gasteiger partial charge in [-0.1, -0.05) is 6.07 Å². The van der Waals surface area contributed by atoms with Crippen LogP contribution in [0.25, 0.3) is 0 Å². The first-order chi connectivity index (χ1) is 12.8. The molecule has 1 amide bonds. The van der Waals surface area contributed by atoms with E-state index in [0.29, 0.717) is 12.4 Å². The molecule has 0 bridgehead atoms. The molecule has 7 nitrogen and oxygen atoms in total. The summed E-state index contributed by atoms with van der Waals surface area (Å²) in [6.45, 7) is 2.63. The highest BCUT2D eigenvalue weighted by atomic mass is 19.3. The minimum Gasteiger partial charge on any atom is -0.369 e. The summed E-state index contributed by atoms with van der Waals surface area (Å²) in [4.78, 5) is 24.6. The molecule has 1 aliphatic heterocycles. The normalized spacial score (nSPS) is 16.0. The highest BCUT2D eigenvalue weighted by molar-refractivity contribution is 5.88. The van der Waals surface area contributed by atoms with E-state index in [-0.39, 0.29) is 11.7 Å². The Bertz CT molecular complexity index is 845. The second-order valence-electron chi connectivity index (χ2n) is 6.65. The minimum atomic E-state index is -2.67. The second-order valence-corrected chi connectivity index (χ2v) is 6.65. The first-order valence-electron chi connectivity index (χ1n) is 8.34. The van der Waals surface area contributed by atoms with Gasteiger partial charge in [0.1, 0.15) is 17.2 Å². The van der Waals surface area contributed by atoms with Crippen molar-refractivity contribution >= 4 is 17.5 Å². The molecule has 0 spiro atoms. The SMILES string of the molecule is CC(C)(Nc1nc(C2CNc3ncccc32)ncc1F)C(=O)NCC(F)F. The van der Waals surface area contributed by atoms with Gasteiger partial charge in [-0.25, -0.2) is 28.1 Å². The molecular weight excluding hydrogens is 361 g/mol. The van der Waals surface area contributed by atoms with Crippen molar-refractivity contribution in [2.75, 3.05) is 23.7 Å². The average Bonchev–Trinajstić information content (AvgIpc) is 3.05. The van der Waals surface area contributed by atoms with E-state index >= 15 is 0 Å². The van der Waals surface area contributed by atoms with Crippen LogP contribution in [0.1, 0.15) is 31.2 Å². The molecule has 27 heavy (non-hydrogen) atoms. The number of pyridine rings is 1. The summed E-state index contributed by atoms with van der Waals surface area (Å²) in [5.74, 6) is -0.746. The van der Waals surface area contributed by atoms with Gasteiger partial charge in [0.25, 0.3) is 6.43 Å². The van der Waals surface area contributed by atoms with E-state index in [2.05, 4.69) is 30.9 Å². The number of rotatable bonds is 6. The number of carbonyl (C=O) groups is 1. The van der Waals surface area contributed by atoms with Crippen molar-refractivity contribution in [1.82, 2.24) is 20.3 Å². The average molecular weight is 380 g/mol. The van der Waals surface area contributed by atoms with Gasteiger partial charge in [-0.05, 0) is 19.9 Å². The van der Waals surface area contributed by atoms with Crippen LogP contribution in [-0.4, -0.2) is 45.9 Å². The molecule has 2 aromatic heterocycles. The van der Waals surface area contributed by atoms with E-state index < -0.39 is 30.2 Å². The Balaban J connectivity index is 1.81. The lowest BCUT2D eigenvalue weighted by molar-refractivity contribution is -0.125. The maximum atomic E-state index is 14.2. The summed E-state index contributed by atoms with van der Waals surface area (Å²) in [5.41, 5.74) is -0.460. The zero-order valence-corrected chi connectivity index (χ0v) is 14.8. The molecule has 144 valence electrons. The third-order valence-electron chi connectivity index (χ3n) is 4.18. The largest absolute Gasteiger partial charge is 0.369 e. The van der Waals surface area contributed by atoms with Crippen molar-refractivity contribution in [2.24, 2.45) is 0 Å². The highest BCUT2D eigenvalue weighted by Gasteiger charge is 2.31. The van der Waals surface area contributed by atoms with Gasteiger partial charge >= 0.3 is 0 Å². The number of hydrogen-bond donors (Lipinski definition) is 3. The van der Waals surface area contributed by atoms with Gasteiger partial charge in [0.2, 0.25) is 5.91 Å². The monoisotopic (exact) mass is 380 g/mol. The molecule has 0 saturated heterocycles. The van der Waals surface area contributed by atoms with Crippen molar-refractivity contribution in [1.29, 1.82) is 0 Å². The maximum absolute atomic E-state index is 14.2. The van der Waals surface area contributed by atoms with Crippen LogP contribution < -0.4 is 16.0 Å². The Kier molecular flexibility index (Phi) is 5.15. The Morgan fingerprint density at radius 3 is 2.93 bits per heavy atom. The fraction of sp³-hybridized carbons (Fsp3) is 0.412. The third kappa shape index (κ3) is 4.09. The molecule has 0 aromatic carbocycles. The molecule has 1 unspecified atom stereocenters. The van der Waals surface area contributed by atoms with Gasteiger partial charge in [0.15, 0.2) is 11.6 Å². The van der Waals surface area contributed by atoms with Crippen LogP contribution in [0.15, 0.2) is 24.5 Å². The van der Waals surface area contributed by atoms with Crippen LogP contribution in [0.4, 0.5) is 24.8 Å². The molecule has 3 heterocycles. The molecule has 3 N–H and O–H groups in total. The van der Waals surface area contributed by atoms with Gasteiger partial charge in [-0.15, -0.1) is 0 Å². The van der Waals surface area contributed by atoms with Gasteiger partial charge in [-0.2, -0.15) is 0 Å². The van der Waals surface area contributed by atoms with Gasteiger partial charge < -0.3 is 16.0 Å². The number of carbonyl (C=O) groups excluding carboxylic acids is 1. The van der Waals surface area contributed by atoms with Crippen molar-refractivity contribution in [3.8, 4) is 0 Å². The highest BCUT2D eigenvalue weighted by Crippen LogP contribution is 2.33. The van der Waals surface area contributed by atoms with Crippen LogP contribution in [-0.2, 0) is 4.79 Å². The van der Waals surface area contributed by atoms with E-state index in [1.54, 1.807) is 12.3 Å². The quantitative estimate of drug-likeness (QED) is 0.711. The summed E-state index contributed by atoms with van der Waals surface area (Å²) in [6, 6.07) is 3.67. The van der Waals surface area contributed by atoms with Crippen molar-refractivity contribution in [2.45, 2.75) is 31.7 Å². The molecule has 1 atom stereocenters. The lowest BCUT2D eigenvalue weighted by Gasteiger charge is -2.26.